The van der Waals surface area contributed by atoms with E-state index >= 15 is 0 Å². The molecule has 2 nitrogen and oxygen atoms in total. The average molecular weight is 261 g/mol. The molecule has 1 aliphatic rings. The topological polar surface area (TPSA) is 16.1 Å². The second-order valence-corrected chi connectivity index (χ2v) is 5.23. The Labute approximate surface area is 113 Å². The summed E-state index contributed by atoms with van der Waals surface area (Å²) in [5, 5.41) is 3.12. The highest BCUT2D eigenvalue weighted by Crippen LogP contribution is 2.33. The number of aryl methyl sites for hydroxylation is 1. The third-order valence-electron chi connectivity index (χ3n) is 3.61. The smallest absolute Gasteiger partial charge is 0.138 e. The van der Waals surface area contributed by atoms with Crippen LogP contribution in [0.1, 0.15) is 25.5 Å². The van der Waals surface area contributed by atoms with Crippen LogP contribution in [-0.2, 0) is 6.42 Å². The van der Waals surface area contributed by atoms with Crippen LogP contribution in [0.3, 0.4) is 0 Å². The van der Waals surface area contributed by atoms with E-state index in [1.807, 2.05) is 12.1 Å². The van der Waals surface area contributed by atoms with Crippen LogP contribution in [0.15, 0.2) is 24.3 Å². The number of anilines is 1. The number of pyridine rings is 1. The third-order valence-corrected chi connectivity index (χ3v) is 3.92. The molecule has 0 saturated carbocycles. The fraction of sp³-hybridized carbons (Fsp3) is 0.400. The van der Waals surface area contributed by atoms with E-state index in [1.165, 1.54) is 18.2 Å². The number of aromatic nitrogens is 1. The van der Waals surface area contributed by atoms with Gasteiger partial charge in [-0.1, -0.05) is 30.7 Å². The van der Waals surface area contributed by atoms with Gasteiger partial charge in [-0.25, -0.2) is 4.98 Å². The van der Waals surface area contributed by atoms with Crippen LogP contribution in [0.4, 0.5) is 5.82 Å². The summed E-state index contributed by atoms with van der Waals surface area (Å²) >= 11 is 6.37. The fourth-order valence-corrected chi connectivity index (χ4v) is 2.91. The van der Waals surface area contributed by atoms with Crippen molar-refractivity contribution in [3.63, 3.8) is 0 Å². The van der Waals surface area contributed by atoms with E-state index in [-0.39, 0.29) is 0 Å². The van der Waals surface area contributed by atoms with E-state index in [0.717, 1.165) is 41.4 Å². The Morgan fingerprint density at radius 1 is 1.28 bits per heavy atom. The molecule has 0 aliphatic carbocycles. The molecule has 1 aromatic carbocycles. The first kappa shape index (κ1) is 11.8. The Balaban J connectivity index is 2.25. The Morgan fingerprint density at radius 2 is 2.06 bits per heavy atom. The molecular formula is C15H17ClN2. The summed E-state index contributed by atoms with van der Waals surface area (Å²) in [7, 11) is 0. The molecule has 0 radical (unpaired) electrons. The molecule has 1 fully saturated rings. The van der Waals surface area contributed by atoms with Gasteiger partial charge in [0.05, 0.1) is 5.02 Å². The SMILES string of the molecule is CCc1cc2cccc(Cl)c2c(N2CCCC2)n1. The van der Waals surface area contributed by atoms with E-state index < -0.39 is 0 Å². The van der Waals surface area contributed by atoms with Crippen molar-refractivity contribution >= 4 is 28.2 Å². The molecule has 1 aromatic heterocycles. The van der Waals surface area contributed by atoms with Crippen molar-refractivity contribution in [2.24, 2.45) is 0 Å². The first-order valence-corrected chi connectivity index (χ1v) is 7.00. The molecule has 2 aromatic rings. The van der Waals surface area contributed by atoms with Crippen molar-refractivity contribution < 1.29 is 0 Å². The maximum Gasteiger partial charge on any atom is 0.138 e. The van der Waals surface area contributed by atoms with Crippen LogP contribution in [0.25, 0.3) is 10.8 Å². The summed E-state index contributed by atoms with van der Waals surface area (Å²) in [4.78, 5) is 7.17. The summed E-state index contributed by atoms with van der Waals surface area (Å²) in [6.07, 6.45) is 3.47. The summed E-state index contributed by atoms with van der Waals surface area (Å²) in [6.45, 7) is 4.34. The van der Waals surface area contributed by atoms with Gasteiger partial charge in [0, 0.05) is 24.2 Å². The van der Waals surface area contributed by atoms with Crippen molar-refractivity contribution in [1.29, 1.82) is 0 Å². The van der Waals surface area contributed by atoms with Crippen molar-refractivity contribution in [1.82, 2.24) is 4.98 Å². The molecule has 94 valence electrons. The number of halogens is 1. The molecule has 3 heteroatoms. The number of nitrogens with zero attached hydrogens (tertiary/aromatic N) is 2. The van der Waals surface area contributed by atoms with Gasteiger partial charge < -0.3 is 4.90 Å². The zero-order valence-corrected chi connectivity index (χ0v) is 11.4. The lowest BCUT2D eigenvalue weighted by molar-refractivity contribution is 0.924. The van der Waals surface area contributed by atoms with Crippen LogP contribution in [-0.4, -0.2) is 18.1 Å². The maximum absolute atomic E-state index is 6.37. The molecule has 0 amide bonds. The molecular weight excluding hydrogens is 244 g/mol. The van der Waals surface area contributed by atoms with E-state index in [0.29, 0.717) is 0 Å². The lowest BCUT2D eigenvalue weighted by Gasteiger charge is -2.20. The highest BCUT2D eigenvalue weighted by Gasteiger charge is 2.18. The lowest BCUT2D eigenvalue weighted by Crippen LogP contribution is -2.20. The van der Waals surface area contributed by atoms with Crippen LogP contribution in [0.5, 0.6) is 0 Å². The fourth-order valence-electron chi connectivity index (χ4n) is 2.64. The molecule has 0 N–H and O–H groups in total. The molecule has 1 saturated heterocycles. The van der Waals surface area contributed by atoms with E-state index in [2.05, 4.69) is 24.0 Å². The van der Waals surface area contributed by atoms with Crippen molar-refractivity contribution in [2.45, 2.75) is 26.2 Å². The maximum atomic E-state index is 6.37. The molecule has 0 atom stereocenters. The van der Waals surface area contributed by atoms with Crippen LogP contribution < -0.4 is 4.90 Å². The van der Waals surface area contributed by atoms with Crippen LogP contribution in [0.2, 0.25) is 5.02 Å². The van der Waals surface area contributed by atoms with Crippen LogP contribution >= 0.6 is 11.6 Å². The predicted molar refractivity (Wildman–Crippen MR) is 77.6 cm³/mol. The number of hydrogen-bond donors (Lipinski definition) is 0. The first-order chi connectivity index (χ1) is 8.79. The van der Waals surface area contributed by atoms with Gasteiger partial charge in [-0.15, -0.1) is 0 Å². The average Bonchev–Trinajstić information content (AvgIpc) is 2.91. The van der Waals surface area contributed by atoms with Gasteiger partial charge in [-0.2, -0.15) is 0 Å². The minimum Gasteiger partial charge on any atom is -0.356 e. The molecule has 0 bridgehead atoms. The number of fused-ring (bicyclic) bond motifs is 1. The molecule has 1 aliphatic heterocycles. The van der Waals surface area contributed by atoms with Crippen LogP contribution in [0, 0.1) is 0 Å². The Bertz CT molecular complexity index is 574. The predicted octanol–water partition coefficient (Wildman–Crippen LogP) is 4.05. The van der Waals surface area contributed by atoms with E-state index in [1.54, 1.807) is 0 Å². The molecule has 0 unspecified atom stereocenters. The largest absolute Gasteiger partial charge is 0.356 e. The number of benzene rings is 1. The normalized spacial score (nSPS) is 15.6. The van der Waals surface area contributed by atoms with E-state index in [4.69, 9.17) is 16.6 Å². The zero-order valence-electron chi connectivity index (χ0n) is 10.6. The van der Waals surface area contributed by atoms with Crippen molar-refractivity contribution in [3.05, 3.63) is 35.0 Å². The monoisotopic (exact) mass is 260 g/mol. The molecule has 0 spiro atoms. The van der Waals surface area contributed by atoms with Gasteiger partial charge >= 0.3 is 0 Å². The van der Waals surface area contributed by atoms with Gasteiger partial charge in [-0.05, 0) is 36.8 Å². The Hall–Kier alpha value is -1.28. The molecule has 3 rings (SSSR count). The second kappa shape index (κ2) is 4.77. The third kappa shape index (κ3) is 1.95. The summed E-state index contributed by atoms with van der Waals surface area (Å²) < 4.78 is 0. The van der Waals surface area contributed by atoms with Gasteiger partial charge in [0.25, 0.3) is 0 Å². The Kier molecular flexibility index (Phi) is 3.13. The quantitative estimate of drug-likeness (QED) is 0.810. The minimum atomic E-state index is 0.810. The molecule has 2 heterocycles. The lowest BCUT2D eigenvalue weighted by atomic mass is 10.1. The first-order valence-electron chi connectivity index (χ1n) is 6.62. The van der Waals surface area contributed by atoms with Crippen molar-refractivity contribution in [2.75, 3.05) is 18.0 Å². The summed E-state index contributed by atoms with van der Waals surface area (Å²) in [5.74, 6) is 1.08. The number of hydrogen-bond acceptors (Lipinski definition) is 2. The van der Waals surface area contributed by atoms with Gasteiger partial charge in [0.1, 0.15) is 5.82 Å². The Morgan fingerprint density at radius 3 is 2.78 bits per heavy atom. The zero-order chi connectivity index (χ0) is 12.5. The standard InChI is InChI=1S/C15H17ClN2/c1-2-12-10-11-6-5-7-13(16)14(11)15(17-12)18-8-3-4-9-18/h5-7,10H,2-4,8-9H2,1H3. The number of rotatable bonds is 2. The highest BCUT2D eigenvalue weighted by molar-refractivity contribution is 6.36. The summed E-state index contributed by atoms with van der Waals surface area (Å²) in [5.41, 5.74) is 1.15. The van der Waals surface area contributed by atoms with Gasteiger partial charge in [0.2, 0.25) is 0 Å². The highest BCUT2D eigenvalue weighted by atomic mass is 35.5. The van der Waals surface area contributed by atoms with Crippen molar-refractivity contribution in [3.8, 4) is 0 Å². The van der Waals surface area contributed by atoms with Gasteiger partial charge in [0.15, 0.2) is 0 Å². The van der Waals surface area contributed by atoms with Gasteiger partial charge in [-0.3, -0.25) is 0 Å². The molecule has 18 heavy (non-hydrogen) atoms. The van der Waals surface area contributed by atoms with E-state index in [9.17, 15) is 0 Å². The summed E-state index contributed by atoms with van der Waals surface area (Å²) in [6, 6.07) is 8.25. The second-order valence-electron chi connectivity index (χ2n) is 4.82. The minimum absolute atomic E-state index is 0.810.